The van der Waals surface area contributed by atoms with Crippen molar-refractivity contribution in [2.24, 2.45) is 0 Å². The lowest BCUT2D eigenvalue weighted by Crippen LogP contribution is -2.14. The van der Waals surface area contributed by atoms with Crippen molar-refractivity contribution in [3.05, 3.63) is 69.7 Å². The fraction of sp³-hybridized carbons (Fsp3) is 0.316. The fourth-order valence-corrected chi connectivity index (χ4v) is 2.64. The van der Waals surface area contributed by atoms with Crippen molar-refractivity contribution in [2.45, 2.75) is 39.0 Å². The molecule has 0 spiro atoms. The Morgan fingerprint density at radius 3 is 2.18 bits per heavy atom. The third-order valence-corrected chi connectivity index (χ3v) is 4.39. The van der Waals surface area contributed by atoms with Gasteiger partial charge in [-0.05, 0) is 47.6 Å². The highest BCUT2D eigenvalue weighted by Crippen LogP contribution is 2.26. The van der Waals surface area contributed by atoms with E-state index in [9.17, 15) is 9.90 Å². The van der Waals surface area contributed by atoms with Gasteiger partial charge in [-0.1, -0.05) is 61.8 Å². The van der Waals surface area contributed by atoms with Gasteiger partial charge in [0.15, 0.2) is 0 Å². The van der Waals surface area contributed by atoms with Gasteiger partial charge in [0.25, 0.3) is 0 Å². The molecule has 1 unspecified atom stereocenters. The van der Waals surface area contributed by atoms with E-state index in [2.05, 4.69) is 26.0 Å². The number of hydrogen-bond donors (Lipinski definition) is 1. The summed E-state index contributed by atoms with van der Waals surface area (Å²) >= 11 is 6.13. The van der Waals surface area contributed by atoms with Crippen molar-refractivity contribution in [3.63, 3.8) is 0 Å². The summed E-state index contributed by atoms with van der Waals surface area (Å²) in [5.41, 5.74) is 3.98. The maximum Gasteiger partial charge on any atom is 0.311 e. The summed E-state index contributed by atoms with van der Waals surface area (Å²) in [5.74, 6) is -0.934. The maximum absolute atomic E-state index is 11.6. The number of carboxylic acid groups (broad SMARTS) is 1. The molecule has 1 atom stereocenters. The second-order valence-corrected chi connectivity index (χ2v) is 6.41. The van der Waals surface area contributed by atoms with Crippen LogP contribution in [0.2, 0.25) is 5.02 Å². The molecule has 116 valence electrons. The van der Waals surface area contributed by atoms with Gasteiger partial charge in [0.2, 0.25) is 0 Å². The predicted octanol–water partition coefficient (Wildman–Crippen LogP) is 5.18. The molecule has 2 aromatic rings. The fourth-order valence-electron chi connectivity index (χ4n) is 2.45. The molecule has 0 fully saturated rings. The van der Waals surface area contributed by atoms with E-state index in [1.165, 1.54) is 5.56 Å². The number of hydrogen-bond acceptors (Lipinski definition) is 1. The van der Waals surface area contributed by atoms with Crippen LogP contribution in [0.3, 0.4) is 0 Å². The van der Waals surface area contributed by atoms with Gasteiger partial charge in [0.1, 0.15) is 0 Å². The lowest BCUT2D eigenvalue weighted by molar-refractivity contribution is -0.138. The Hall–Kier alpha value is -1.80. The molecule has 0 bridgehead atoms. The van der Waals surface area contributed by atoms with Gasteiger partial charge in [-0.2, -0.15) is 0 Å². The Bertz CT molecular complexity index is 660. The minimum atomic E-state index is -0.826. The quantitative estimate of drug-likeness (QED) is 0.825. The number of carbonyl (C=O) groups is 1. The van der Waals surface area contributed by atoms with Crippen LogP contribution < -0.4 is 0 Å². The Morgan fingerprint density at radius 2 is 1.68 bits per heavy atom. The van der Waals surface area contributed by atoms with Crippen LogP contribution in [0.4, 0.5) is 0 Å². The summed E-state index contributed by atoms with van der Waals surface area (Å²) in [7, 11) is 0. The standard InChI is InChI=1S/C19H21ClO2/c1-12(2)15-8-5-14(6-9-15)10-17(19(21)22)16-7-4-13(3)18(20)11-16/h4-9,11-12,17H,10H2,1-3H3,(H,21,22). The molecule has 0 aliphatic heterocycles. The van der Waals surface area contributed by atoms with Crippen molar-refractivity contribution in [1.82, 2.24) is 0 Å². The van der Waals surface area contributed by atoms with Crippen LogP contribution in [0, 0.1) is 6.92 Å². The first-order valence-corrected chi connectivity index (χ1v) is 7.84. The summed E-state index contributed by atoms with van der Waals surface area (Å²) in [6.07, 6.45) is 0.465. The van der Waals surface area contributed by atoms with Crippen LogP contribution in [0.5, 0.6) is 0 Å². The minimum Gasteiger partial charge on any atom is -0.481 e. The first-order chi connectivity index (χ1) is 10.4. The molecule has 2 aromatic carbocycles. The molecule has 0 saturated carbocycles. The van der Waals surface area contributed by atoms with Crippen LogP contribution in [-0.2, 0) is 11.2 Å². The SMILES string of the molecule is Cc1ccc(C(Cc2ccc(C(C)C)cc2)C(=O)O)cc1Cl. The van der Waals surface area contributed by atoms with Crippen molar-refractivity contribution in [3.8, 4) is 0 Å². The van der Waals surface area contributed by atoms with Crippen LogP contribution >= 0.6 is 11.6 Å². The van der Waals surface area contributed by atoms with Gasteiger partial charge < -0.3 is 5.11 Å². The highest BCUT2D eigenvalue weighted by molar-refractivity contribution is 6.31. The summed E-state index contributed by atoms with van der Waals surface area (Å²) in [6.45, 7) is 6.19. The Labute approximate surface area is 136 Å². The molecular formula is C19H21ClO2. The van der Waals surface area contributed by atoms with E-state index >= 15 is 0 Å². The molecule has 3 heteroatoms. The number of aryl methyl sites for hydroxylation is 1. The molecule has 1 N–H and O–H groups in total. The Morgan fingerprint density at radius 1 is 1.09 bits per heavy atom. The summed E-state index contributed by atoms with van der Waals surface area (Å²) < 4.78 is 0. The number of benzene rings is 2. The van der Waals surface area contributed by atoms with Crippen molar-refractivity contribution in [2.75, 3.05) is 0 Å². The van der Waals surface area contributed by atoms with E-state index in [0.29, 0.717) is 17.4 Å². The van der Waals surface area contributed by atoms with E-state index in [1.54, 1.807) is 6.07 Å². The van der Waals surface area contributed by atoms with E-state index in [1.807, 2.05) is 31.2 Å². The summed E-state index contributed by atoms with van der Waals surface area (Å²) in [6, 6.07) is 13.7. The van der Waals surface area contributed by atoms with E-state index in [4.69, 9.17) is 11.6 Å². The number of halogens is 1. The van der Waals surface area contributed by atoms with Gasteiger partial charge >= 0.3 is 5.97 Å². The van der Waals surface area contributed by atoms with Crippen LogP contribution in [0.1, 0.15) is 47.9 Å². The molecule has 0 aliphatic rings. The summed E-state index contributed by atoms with van der Waals surface area (Å²) in [4.78, 5) is 11.6. The first-order valence-electron chi connectivity index (χ1n) is 7.46. The minimum absolute atomic E-state index is 0.465. The zero-order valence-corrected chi connectivity index (χ0v) is 13.9. The lowest BCUT2D eigenvalue weighted by atomic mass is 9.90. The second-order valence-electron chi connectivity index (χ2n) is 6.00. The molecule has 2 nitrogen and oxygen atoms in total. The largest absolute Gasteiger partial charge is 0.481 e. The third-order valence-electron chi connectivity index (χ3n) is 3.98. The molecule has 0 aliphatic carbocycles. The normalized spacial score (nSPS) is 12.4. The Kier molecular flexibility index (Phi) is 5.25. The van der Waals surface area contributed by atoms with E-state index < -0.39 is 11.9 Å². The third kappa shape index (κ3) is 3.89. The zero-order valence-electron chi connectivity index (χ0n) is 13.1. The molecule has 0 aromatic heterocycles. The molecule has 2 rings (SSSR count). The van der Waals surface area contributed by atoms with Gasteiger partial charge in [0.05, 0.1) is 5.92 Å². The van der Waals surface area contributed by atoms with E-state index in [-0.39, 0.29) is 0 Å². The molecule has 0 heterocycles. The van der Waals surface area contributed by atoms with Crippen molar-refractivity contribution in [1.29, 1.82) is 0 Å². The highest BCUT2D eigenvalue weighted by atomic mass is 35.5. The monoisotopic (exact) mass is 316 g/mol. The first kappa shape index (κ1) is 16.6. The molecule has 0 radical (unpaired) electrons. The predicted molar refractivity (Wildman–Crippen MR) is 90.8 cm³/mol. The highest BCUT2D eigenvalue weighted by Gasteiger charge is 2.21. The van der Waals surface area contributed by atoms with Gasteiger partial charge in [-0.15, -0.1) is 0 Å². The van der Waals surface area contributed by atoms with Gasteiger partial charge in [-0.3, -0.25) is 4.79 Å². The number of aliphatic carboxylic acids is 1. The Balaban J connectivity index is 2.25. The van der Waals surface area contributed by atoms with Crippen LogP contribution in [0.25, 0.3) is 0 Å². The summed E-state index contributed by atoms with van der Waals surface area (Å²) in [5, 5.41) is 10.2. The number of rotatable bonds is 5. The molecule has 0 amide bonds. The molecular weight excluding hydrogens is 296 g/mol. The van der Waals surface area contributed by atoms with Gasteiger partial charge in [0, 0.05) is 5.02 Å². The topological polar surface area (TPSA) is 37.3 Å². The number of carboxylic acids is 1. The maximum atomic E-state index is 11.6. The molecule has 22 heavy (non-hydrogen) atoms. The van der Waals surface area contributed by atoms with Crippen LogP contribution in [-0.4, -0.2) is 11.1 Å². The van der Waals surface area contributed by atoms with Crippen LogP contribution in [0.15, 0.2) is 42.5 Å². The second kappa shape index (κ2) is 6.97. The average molecular weight is 317 g/mol. The van der Waals surface area contributed by atoms with Gasteiger partial charge in [-0.25, -0.2) is 0 Å². The van der Waals surface area contributed by atoms with Crippen molar-refractivity contribution >= 4 is 17.6 Å². The smallest absolute Gasteiger partial charge is 0.311 e. The zero-order chi connectivity index (χ0) is 16.3. The average Bonchev–Trinajstić information content (AvgIpc) is 2.48. The van der Waals surface area contributed by atoms with E-state index in [0.717, 1.165) is 16.7 Å². The van der Waals surface area contributed by atoms with Crippen molar-refractivity contribution < 1.29 is 9.90 Å². The lowest BCUT2D eigenvalue weighted by Gasteiger charge is -2.15. The molecule has 0 saturated heterocycles.